The highest BCUT2D eigenvalue weighted by Crippen LogP contribution is 2.24. The number of anilines is 1. The van der Waals surface area contributed by atoms with Gasteiger partial charge in [-0.25, -0.2) is 0 Å². The molecule has 6 nitrogen and oxygen atoms in total. The molecule has 1 atom stereocenters. The summed E-state index contributed by atoms with van der Waals surface area (Å²) in [5, 5.41) is 6.48. The number of nitrogens with zero attached hydrogens (tertiary/aromatic N) is 3. The van der Waals surface area contributed by atoms with Crippen LogP contribution in [0.1, 0.15) is 12.8 Å². The Kier molecular flexibility index (Phi) is 8.22. The first-order valence-electron chi connectivity index (χ1n) is 9.42. The van der Waals surface area contributed by atoms with Crippen molar-refractivity contribution < 1.29 is 17.9 Å². The topological polar surface area (TPSA) is 52.1 Å². The van der Waals surface area contributed by atoms with E-state index in [1.54, 1.807) is 14.2 Å². The van der Waals surface area contributed by atoms with E-state index in [1.807, 2.05) is 18.2 Å². The number of alkyl halides is 3. The highest BCUT2D eigenvalue weighted by molar-refractivity contribution is 5.80. The molecule has 2 rings (SSSR count). The molecule has 0 saturated carbocycles. The molecule has 1 aromatic rings. The average molecular weight is 401 g/mol. The minimum absolute atomic E-state index is 0.207. The molecule has 0 aromatic heterocycles. The maximum Gasteiger partial charge on any atom is 0.401 e. The average Bonchev–Trinajstić information content (AvgIpc) is 2.66. The minimum atomic E-state index is -4.18. The van der Waals surface area contributed by atoms with E-state index in [9.17, 15) is 13.2 Å². The van der Waals surface area contributed by atoms with Gasteiger partial charge in [-0.3, -0.25) is 9.89 Å². The largest absolute Gasteiger partial charge is 0.497 e. The third kappa shape index (κ3) is 7.46. The van der Waals surface area contributed by atoms with Crippen LogP contribution in [0.2, 0.25) is 0 Å². The van der Waals surface area contributed by atoms with E-state index in [2.05, 4.69) is 26.6 Å². The first-order chi connectivity index (χ1) is 13.3. The Morgan fingerprint density at radius 3 is 2.86 bits per heavy atom. The molecule has 0 amide bonds. The molecular weight excluding hydrogens is 371 g/mol. The number of halogens is 3. The standard InChI is InChI=1S/C19H30F3N5O/c1-23-18(24-9-11-26(2)14-19(20,21)22)25-15-6-5-10-27(13-15)16-7-4-8-17(12-16)28-3/h4,7-8,12,15H,5-6,9-11,13-14H2,1-3H3,(H2,23,24,25). The fourth-order valence-corrected chi connectivity index (χ4v) is 3.27. The number of rotatable bonds is 7. The van der Waals surface area contributed by atoms with Crippen LogP contribution in [0.4, 0.5) is 18.9 Å². The van der Waals surface area contributed by atoms with Gasteiger partial charge in [0.2, 0.25) is 0 Å². The van der Waals surface area contributed by atoms with Crippen molar-refractivity contribution in [3.8, 4) is 5.75 Å². The zero-order valence-corrected chi connectivity index (χ0v) is 16.7. The van der Waals surface area contributed by atoms with Gasteiger partial charge in [0.25, 0.3) is 0 Å². The van der Waals surface area contributed by atoms with E-state index in [1.165, 1.54) is 11.9 Å². The van der Waals surface area contributed by atoms with Crippen LogP contribution in [0.15, 0.2) is 29.3 Å². The summed E-state index contributed by atoms with van der Waals surface area (Å²) in [6.07, 6.45) is -2.13. The molecule has 1 fully saturated rings. The van der Waals surface area contributed by atoms with E-state index >= 15 is 0 Å². The molecule has 9 heteroatoms. The number of likely N-dealkylation sites (N-methyl/N-ethyl adjacent to an activating group) is 1. The van der Waals surface area contributed by atoms with Crippen molar-refractivity contribution in [2.45, 2.75) is 25.1 Å². The lowest BCUT2D eigenvalue weighted by Crippen LogP contribution is -2.52. The van der Waals surface area contributed by atoms with Crippen LogP contribution < -0.4 is 20.3 Å². The van der Waals surface area contributed by atoms with Crippen LogP contribution in [0.3, 0.4) is 0 Å². The predicted octanol–water partition coefficient (Wildman–Crippen LogP) is 2.32. The summed E-state index contributed by atoms with van der Waals surface area (Å²) in [4.78, 5) is 7.74. The Morgan fingerprint density at radius 2 is 2.18 bits per heavy atom. The molecule has 0 spiro atoms. The summed E-state index contributed by atoms with van der Waals surface area (Å²) in [5.74, 6) is 1.44. The monoisotopic (exact) mass is 401 g/mol. The second-order valence-electron chi connectivity index (χ2n) is 6.98. The Balaban J connectivity index is 1.82. The summed E-state index contributed by atoms with van der Waals surface area (Å²) in [5.41, 5.74) is 1.11. The lowest BCUT2D eigenvalue weighted by atomic mass is 10.0. The fraction of sp³-hybridized carbons (Fsp3) is 0.632. The van der Waals surface area contributed by atoms with Crippen molar-refractivity contribution in [3.05, 3.63) is 24.3 Å². The quantitative estimate of drug-likeness (QED) is 0.543. The smallest absolute Gasteiger partial charge is 0.401 e. The summed E-state index contributed by atoms with van der Waals surface area (Å²) in [6, 6.07) is 8.19. The molecule has 1 unspecified atom stereocenters. The summed E-state index contributed by atoms with van der Waals surface area (Å²) in [6.45, 7) is 1.54. The van der Waals surface area contributed by atoms with Crippen molar-refractivity contribution in [3.63, 3.8) is 0 Å². The molecule has 28 heavy (non-hydrogen) atoms. The molecule has 0 aliphatic carbocycles. The molecule has 0 bridgehead atoms. The minimum Gasteiger partial charge on any atom is -0.497 e. The molecular formula is C19H30F3N5O. The second-order valence-corrected chi connectivity index (χ2v) is 6.98. The number of methoxy groups -OCH3 is 1. The first-order valence-corrected chi connectivity index (χ1v) is 9.42. The maximum absolute atomic E-state index is 12.4. The Hall–Kier alpha value is -2.16. The van der Waals surface area contributed by atoms with Crippen LogP contribution in [-0.4, -0.2) is 77.0 Å². The van der Waals surface area contributed by atoms with Gasteiger partial charge in [-0.05, 0) is 32.0 Å². The SMILES string of the molecule is CN=C(NCCN(C)CC(F)(F)F)NC1CCCN(c2cccc(OC)c2)C1. The van der Waals surface area contributed by atoms with E-state index in [4.69, 9.17) is 4.74 Å². The van der Waals surface area contributed by atoms with Crippen molar-refractivity contribution in [2.24, 2.45) is 4.99 Å². The number of ether oxygens (including phenoxy) is 1. The molecule has 158 valence electrons. The van der Waals surface area contributed by atoms with Gasteiger partial charge in [0.15, 0.2) is 5.96 Å². The van der Waals surface area contributed by atoms with Gasteiger partial charge in [0.05, 0.1) is 13.7 Å². The number of hydrogen-bond acceptors (Lipinski definition) is 4. The molecule has 1 heterocycles. The summed E-state index contributed by atoms with van der Waals surface area (Å²) in [7, 11) is 4.78. The lowest BCUT2D eigenvalue weighted by Gasteiger charge is -2.35. The van der Waals surface area contributed by atoms with Crippen LogP contribution in [0.5, 0.6) is 5.75 Å². The lowest BCUT2D eigenvalue weighted by molar-refractivity contribution is -0.142. The molecule has 1 aliphatic rings. The van der Waals surface area contributed by atoms with Gasteiger partial charge < -0.3 is 20.3 Å². The first kappa shape index (κ1) is 22.1. The predicted molar refractivity (Wildman–Crippen MR) is 106 cm³/mol. The number of guanidine groups is 1. The number of aliphatic imine (C=N–C) groups is 1. The number of benzene rings is 1. The highest BCUT2D eigenvalue weighted by Gasteiger charge is 2.29. The van der Waals surface area contributed by atoms with E-state index < -0.39 is 12.7 Å². The number of hydrogen-bond donors (Lipinski definition) is 2. The van der Waals surface area contributed by atoms with Gasteiger partial charge >= 0.3 is 6.18 Å². The highest BCUT2D eigenvalue weighted by atomic mass is 19.4. The van der Waals surface area contributed by atoms with Crippen LogP contribution in [-0.2, 0) is 0 Å². The van der Waals surface area contributed by atoms with Crippen molar-refractivity contribution in [2.75, 3.05) is 58.8 Å². The van der Waals surface area contributed by atoms with E-state index in [-0.39, 0.29) is 12.6 Å². The van der Waals surface area contributed by atoms with Gasteiger partial charge in [-0.1, -0.05) is 6.07 Å². The van der Waals surface area contributed by atoms with Gasteiger partial charge in [-0.2, -0.15) is 13.2 Å². The fourth-order valence-electron chi connectivity index (χ4n) is 3.27. The molecule has 2 N–H and O–H groups in total. The zero-order valence-electron chi connectivity index (χ0n) is 16.7. The summed E-state index contributed by atoms with van der Waals surface area (Å²) < 4.78 is 42.4. The zero-order chi connectivity index (χ0) is 20.6. The van der Waals surface area contributed by atoms with Crippen LogP contribution in [0, 0.1) is 0 Å². The van der Waals surface area contributed by atoms with Crippen LogP contribution >= 0.6 is 0 Å². The van der Waals surface area contributed by atoms with Gasteiger partial charge in [-0.15, -0.1) is 0 Å². The van der Waals surface area contributed by atoms with Crippen molar-refractivity contribution in [1.29, 1.82) is 0 Å². The molecule has 1 aliphatic heterocycles. The third-order valence-corrected chi connectivity index (χ3v) is 4.64. The third-order valence-electron chi connectivity index (χ3n) is 4.64. The van der Waals surface area contributed by atoms with Crippen molar-refractivity contribution in [1.82, 2.24) is 15.5 Å². The molecule has 1 aromatic carbocycles. The van der Waals surface area contributed by atoms with Crippen molar-refractivity contribution >= 4 is 11.6 Å². The van der Waals surface area contributed by atoms with Gasteiger partial charge in [0, 0.05) is 51.0 Å². The molecule has 0 radical (unpaired) electrons. The van der Waals surface area contributed by atoms with E-state index in [0.29, 0.717) is 12.5 Å². The summed E-state index contributed by atoms with van der Waals surface area (Å²) >= 11 is 0. The Labute approximate surface area is 164 Å². The number of piperidine rings is 1. The number of nitrogens with one attached hydrogen (secondary N) is 2. The Morgan fingerprint density at radius 1 is 1.39 bits per heavy atom. The maximum atomic E-state index is 12.4. The normalized spacial score (nSPS) is 18.3. The molecule has 1 saturated heterocycles. The van der Waals surface area contributed by atoms with Gasteiger partial charge in [0.1, 0.15) is 5.75 Å². The van der Waals surface area contributed by atoms with E-state index in [0.717, 1.165) is 37.4 Å². The second kappa shape index (κ2) is 10.4. The Bertz CT molecular complexity index is 638. The van der Waals surface area contributed by atoms with Crippen LogP contribution in [0.25, 0.3) is 0 Å².